The number of hydrogen-bond acceptors (Lipinski definition) is 3. The normalized spacial score (nSPS) is 6.43. The molecule has 0 aromatic heterocycles. The highest BCUT2D eigenvalue weighted by Gasteiger charge is 1.71. The van der Waals surface area contributed by atoms with Crippen LogP contribution in [-0.4, -0.2) is 18.3 Å². The third-order valence-electron chi connectivity index (χ3n) is 0.324. The molecule has 40 valence electrons. The Morgan fingerprint density at radius 2 is 2.43 bits per heavy atom. The van der Waals surface area contributed by atoms with Gasteiger partial charge in [0.05, 0.1) is 6.61 Å². The van der Waals surface area contributed by atoms with Crippen molar-refractivity contribution in [2.45, 2.75) is 0 Å². The molecule has 0 amide bonds. The van der Waals surface area contributed by atoms with Gasteiger partial charge in [-0.2, -0.15) is 0 Å². The van der Waals surface area contributed by atoms with Gasteiger partial charge in [0.2, 0.25) is 0 Å². The molecule has 0 aliphatic carbocycles. The van der Waals surface area contributed by atoms with Gasteiger partial charge in [-0.15, -0.1) is 0 Å². The highest BCUT2D eigenvalue weighted by molar-refractivity contribution is 4.83. The van der Waals surface area contributed by atoms with Crippen molar-refractivity contribution in [3.63, 3.8) is 0 Å². The first-order chi connectivity index (χ1) is 3.41. The minimum Gasteiger partial charge on any atom is -0.443 e. The molecule has 0 aliphatic heterocycles. The van der Waals surface area contributed by atoms with Crippen LogP contribution >= 0.6 is 0 Å². The van der Waals surface area contributed by atoms with Gasteiger partial charge in [0.25, 0.3) is 0 Å². The van der Waals surface area contributed by atoms with E-state index in [4.69, 9.17) is 10.8 Å². The maximum absolute atomic E-state index is 8.06. The van der Waals surface area contributed by atoms with E-state index in [1.54, 1.807) is 0 Å². The summed E-state index contributed by atoms with van der Waals surface area (Å²) in [7, 11) is 0. The Labute approximate surface area is 42.1 Å². The van der Waals surface area contributed by atoms with Crippen LogP contribution in [0.3, 0.4) is 0 Å². The van der Waals surface area contributed by atoms with E-state index < -0.39 is 0 Å². The lowest BCUT2D eigenvalue weighted by Gasteiger charge is -1.86. The van der Waals surface area contributed by atoms with Crippen molar-refractivity contribution in [1.29, 1.82) is 0 Å². The summed E-state index contributed by atoms with van der Waals surface area (Å²) in [6.45, 7) is 0.207. The van der Waals surface area contributed by atoms with Gasteiger partial charge in [0.1, 0.15) is 12.7 Å². The lowest BCUT2D eigenvalue weighted by Crippen LogP contribution is -1.93. The number of hydrogen-bond donors (Lipinski definition) is 2. The average Bonchev–Trinajstić information content (AvgIpc) is 1.69. The van der Waals surface area contributed by atoms with Crippen LogP contribution in [0.15, 0.2) is 0 Å². The number of nitrogens with two attached hydrogens (primary N) is 1. The second kappa shape index (κ2) is 5.12. The fraction of sp³-hybridized carbons (Fsp3) is 0.500. The van der Waals surface area contributed by atoms with Crippen LogP contribution in [-0.2, 0) is 4.74 Å². The van der Waals surface area contributed by atoms with Gasteiger partial charge in [0, 0.05) is 6.04 Å². The molecule has 0 bridgehead atoms. The van der Waals surface area contributed by atoms with Crippen molar-refractivity contribution in [1.82, 2.24) is 0 Å². The van der Waals surface area contributed by atoms with Crippen molar-refractivity contribution in [2.24, 2.45) is 5.73 Å². The Bertz CT molecular complexity index is 81.4. The van der Waals surface area contributed by atoms with Gasteiger partial charge in [0.15, 0.2) is 0 Å². The lowest BCUT2D eigenvalue weighted by molar-refractivity contribution is 0.180. The molecule has 3 N–H and O–H groups in total. The molecule has 0 fully saturated rings. The molecule has 0 aromatic carbocycles. The molecule has 0 atom stereocenters. The standard InChI is InChI=1S/C4H7NO2/c5-1-3-7-4-2-6/h6H,2,4-5H2. The molecule has 0 rings (SSSR count). The Morgan fingerprint density at radius 3 is 2.86 bits per heavy atom. The smallest absolute Gasteiger partial charge is 0.133 e. The Balaban J connectivity index is 2.78. The molecule has 0 unspecified atom stereocenters. The summed E-state index contributed by atoms with van der Waals surface area (Å²) in [4.78, 5) is 0. The molecular formula is C4H7NO2. The number of aliphatic hydroxyl groups is 1. The molecule has 3 heteroatoms. The van der Waals surface area contributed by atoms with Gasteiger partial charge in [-0.05, 0) is 0 Å². The van der Waals surface area contributed by atoms with Crippen LogP contribution < -0.4 is 5.73 Å². The maximum atomic E-state index is 8.06. The largest absolute Gasteiger partial charge is 0.443 e. The molecule has 0 saturated heterocycles. The van der Waals surface area contributed by atoms with Crippen LogP contribution in [0.1, 0.15) is 0 Å². The second-order valence-corrected chi connectivity index (χ2v) is 0.818. The Kier molecular flexibility index (Phi) is 4.48. The van der Waals surface area contributed by atoms with Crippen molar-refractivity contribution >= 4 is 0 Å². The van der Waals surface area contributed by atoms with Gasteiger partial charge >= 0.3 is 0 Å². The zero-order valence-corrected chi connectivity index (χ0v) is 3.85. The van der Waals surface area contributed by atoms with E-state index in [0.717, 1.165) is 0 Å². The summed E-state index contributed by atoms with van der Waals surface area (Å²) in [6.07, 6.45) is 2.12. The lowest BCUT2D eigenvalue weighted by atomic mass is 10.8. The molecule has 0 heterocycles. The van der Waals surface area contributed by atoms with Crippen LogP contribution in [0.5, 0.6) is 0 Å². The molecule has 0 saturated carbocycles. The quantitative estimate of drug-likeness (QED) is 0.263. The Morgan fingerprint density at radius 1 is 1.71 bits per heavy atom. The van der Waals surface area contributed by atoms with Crippen molar-refractivity contribution in [2.75, 3.05) is 13.2 Å². The van der Waals surface area contributed by atoms with Gasteiger partial charge in [-0.25, -0.2) is 0 Å². The summed E-state index contributed by atoms with van der Waals surface area (Å²) in [5, 5.41) is 8.06. The number of ether oxygens (including phenoxy) is 1. The minimum absolute atomic E-state index is 0.0192. The summed E-state index contributed by atoms with van der Waals surface area (Å²) in [5.74, 6) is 0. The Hall–Kier alpha value is -0.880. The molecule has 0 spiro atoms. The molecule has 7 heavy (non-hydrogen) atoms. The van der Waals surface area contributed by atoms with Crippen LogP contribution in [0.25, 0.3) is 0 Å². The van der Waals surface area contributed by atoms with E-state index in [0.29, 0.717) is 0 Å². The summed E-state index contributed by atoms with van der Waals surface area (Å²) < 4.78 is 4.40. The van der Waals surface area contributed by atoms with E-state index in [-0.39, 0.29) is 13.2 Å². The molecule has 0 aliphatic rings. The third-order valence-corrected chi connectivity index (χ3v) is 0.324. The predicted molar refractivity (Wildman–Crippen MR) is 25.0 cm³/mol. The van der Waals surface area contributed by atoms with E-state index in [2.05, 4.69) is 10.8 Å². The fourth-order valence-corrected chi connectivity index (χ4v) is 0.138. The zero-order valence-electron chi connectivity index (χ0n) is 3.85. The van der Waals surface area contributed by atoms with Gasteiger partial charge in [-0.3, -0.25) is 0 Å². The van der Waals surface area contributed by atoms with Crippen molar-refractivity contribution in [3.05, 3.63) is 0 Å². The SMILES string of the molecule is NC#COCCO. The minimum atomic E-state index is -0.0192. The first kappa shape index (κ1) is 6.12. The average molecular weight is 101 g/mol. The van der Waals surface area contributed by atoms with Gasteiger partial charge < -0.3 is 15.6 Å². The van der Waals surface area contributed by atoms with Crippen LogP contribution in [0.2, 0.25) is 0 Å². The first-order valence-corrected chi connectivity index (χ1v) is 1.85. The van der Waals surface area contributed by atoms with E-state index in [9.17, 15) is 0 Å². The van der Waals surface area contributed by atoms with Gasteiger partial charge in [-0.1, -0.05) is 0 Å². The molecule has 3 nitrogen and oxygen atoms in total. The highest BCUT2D eigenvalue weighted by atomic mass is 16.5. The van der Waals surface area contributed by atoms with E-state index >= 15 is 0 Å². The summed E-state index contributed by atoms with van der Waals surface area (Å²) in [6, 6.07) is 2.02. The third kappa shape index (κ3) is 5.12. The monoisotopic (exact) mass is 101 g/mol. The summed E-state index contributed by atoms with van der Waals surface area (Å²) >= 11 is 0. The second-order valence-electron chi connectivity index (χ2n) is 0.818. The van der Waals surface area contributed by atoms with E-state index in [1.807, 2.05) is 6.04 Å². The number of aliphatic hydroxyl groups excluding tert-OH is 1. The fourth-order valence-electron chi connectivity index (χ4n) is 0.138. The topological polar surface area (TPSA) is 55.5 Å². The van der Waals surface area contributed by atoms with E-state index in [1.165, 1.54) is 0 Å². The first-order valence-electron chi connectivity index (χ1n) is 1.85. The van der Waals surface area contributed by atoms with Crippen LogP contribution in [0, 0.1) is 12.2 Å². The van der Waals surface area contributed by atoms with Crippen LogP contribution in [0.4, 0.5) is 0 Å². The highest BCUT2D eigenvalue weighted by Crippen LogP contribution is 1.62. The molecule has 0 radical (unpaired) electrons. The number of rotatable bonds is 2. The molecule has 0 aromatic rings. The maximum Gasteiger partial charge on any atom is 0.133 e. The van der Waals surface area contributed by atoms with Crippen molar-refractivity contribution in [3.8, 4) is 12.2 Å². The summed E-state index contributed by atoms with van der Waals surface area (Å²) in [5.41, 5.74) is 4.70. The zero-order chi connectivity index (χ0) is 5.54. The van der Waals surface area contributed by atoms with Crippen molar-refractivity contribution < 1.29 is 9.84 Å². The predicted octanol–water partition coefficient (Wildman–Crippen LogP) is -1.13. The molecular weight excluding hydrogens is 94.0 g/mol.